The fraction of sp³-hybridized carbons (Fsp3) is 0.167. The molecule has 0 aromatic carbocycles. The monoisotopic (exact) mass is 269 g/mol. The first-order valence-electron chi connectivity index (χ1n) is 3.84. The van der Waals surface area contributed by atoms with Gasteiger partial charge in [-0.15, -0.1) is 0 Å². The van der Waals surface area contributed by atoms with Crippen molar-refractivity contribution in [1.82, 2.24) is 4.98 Å². The molecule has 0 radical (unpaired) electrons. The quantitative estimate of drug-likeness (QED) is 0.597. The van der Waals surface area contributed by atoms with Crippen LogP contribution in [0.15, 0.2) is 11.1 Å². The number of pyridine rings is 1. The molecule has 94 valence electrons. The maximum absolute atomic E-state index is 12.3. The molecule has 1 aromatic rings. The lowest BCUT2D eigenvalue weighted by Gasteiger charge is -2.05. The second-order valence-electron chi connectivity index (χ2n) is 2.82. The van der Waals surface area contributed by atoms with Gasteiger partial charge in [-0.2, -0.15) is 0 Å². The molecule has 11 heteroatoms. The maximum Gasteiger partial charge on any atom is 0.311 e. The molecule has 0 atom stereocenters. The summed E-state index contributed by atoms with van der Waals surface area (Å²) in [5.41, 5.74) is -2.46. The molecule has 0 aliphatic rings. The Bertz CT molecular complexity index is 573. The molecule has 0 spiro atoms. The zero-order valence-corrected chi connectivity index (χ0v) is 8.69. The SMILES string of the molecule is NS(=O)(=O)c1nc(C(F)F)c(O)cc1[N+](=O)[O-]. The zero-order chi connectivity index (χ0) is 13.4. The average Bonchev–Trinajstić information content (AvgIpc) is 2.14. The third-order valence-electron chi connectivity index (χ3n) is 1.65. The summed E-state index contributed by atoms with van der Waals surface area (Å²) < 4.78 is 46.5. The highest BCUT2D eigenvalue weighted by Gasteiger charge is 2.30. The van der Waals surface area contributed by atoms with E-state index in [0.29, 0.717) is 0 Å². The molecular weight excluding hydrogens is 264 g/mol. The molecule has 1 rings (SSSR count). The second-order valence-corrected chi connectivity index (χ2v) is 4.30. The van der Waals surface area contributed by atoms with E-state index in [1.54, 1.807) is 0 Å². The van der Waals surface area contributed by atoms with Crippen molar-refractivity contribution < 1.29 is 27.2 Å². The highest BCUT2D eigenvalue weighted by atomic mass is 32.2. The van der Waals surface area contributed by atoms with Crippen molar-refractivity contribution in [1.29, 1.82) is 0 Å². The van der Waals surface area contributed by atoms with Gasteiger partial charge < -0.3 is 5.11 Å². The van der Waals surface area contributed by atoms with Crippen LogP contribution in [0.4, 0.5) is 14.5 Å². The van der Waals surface area contributed by atoms with Crippen molar-refractivity contribution in [3.63, 3.8) is 0 Å². The molecule has 0 aliphatic heterocycles. The van der Waals surface area contributed by atoms with E-state index in [1.165, 1.54) is 0 Å². The summed E-state index contributed by atoms with van der Waals surface area (Å²) >= 11 is 0. The minimum atomic E-state index is -4.65. The van der Waals surface area contributed by atoms with Crippen LogP contribution in [0.2, 0.25) is 0 Å². The van der Waals surface area contributed by atoms with E-state index in [2.05, 4.69) is 10.1 Å². The molecule has 1 aromatic heterocycles. The third-order valence-corrected chi connectivity index (χ3v) is 2.49. The first-order chi connectivity index (χ1) is 7.64. The summed E-state index contributed by atoms with van der Waals surface area (Å²) in [7, 11) is -4.65. The van der Waals surface area contributed by atoms with Gasteiger partial charge in [-0.3, -0.25) is 10.1 Å². The number of alkyl halides is 2. The number of hydrogen-bond donors (Lipinski definition) is 2. The number of aromatic hydroxyl groups is 1. The standard InChI is InChI=1S/C6H5F2N3O5S/c7-5(8)4-3(12)1-2(11(13)14)6(10-4)17(9,15)16/h1,5,12H,(H2,9,15,16). The number of sulfonamides is 1. The zero-order valence-electron chi connectivity index (χ0n) is 7.87. The minimum Gasteiger partial charge on any atom is -0.506 e. The van der Waals surface area contributed by atoms with Crippen molar-refractivity contribution in [2.24, 2.45) is 5.14 Å². The van der Waals surface area contributed by atoms with Crippen LogP contribution < -0.4 is 5.14 Å². The highest BCUT2D eigenvalue weighted by Crippen LogP contribution is 2.32. The number of aromatic nitrogens is 1. The summed E-state index contributed by atoms with van der Waals surface area (Å²) in [6.07, 6.45) is -3.30. The number of hydrogen-bond acceptors (Lipinski definition) is 6. The summed E-state index contributed by atoms with van der Waals surface area (Å²) in [4.78, 5) is 12.1. The van der Waals surface area contributed by atoms with Crippen molar-refractivity contribution in [3.8, 4) is 5.75 Å². The van der Waals surface area contributed by atoms with E-state index in [4.69, 9.17) is 5.11 Å². The van der Waals surface area contributed by atoms with Crippen LogP contribution in [0.1, 0.15) is 12.1 Å². The van der Waals surface area contributed by atoms with Crippen molar-refractivity contribution in [2.45, 2.75) is 11.5 Å². The van der Waals surface area contributed by atoms with Gasteiger partial charge in [-0.25, -0.2) is 27.3 Å². The van der Waals surface area contributed by atoms with Crippen LogP contribution in [-0.2, 0) is 10.0 Å². The predicted molar refractivity (Wildman–Crippen MR) is 48.9 cm³/mol. The Morgan fingerprint density at radius 2 is 2.06 bits per heavy atom. The van der Waals surface area contributed by atoms with E-state index < -0.39 is 43.5 Å². The van der Waals surface area contributed by atoms with Crippen LogP contribution in [0, 0.1) is 10.1 Å². The Kier molecular flexibility index (Phi) is 3.24. The summed E-state index contributed by atoms with van der Waals surface area (Å²) in [5, 5.41) is 22.7. The van der Waals surface area contributed by atoms with Gasteiger partial charge in [0.25, 0.3) is 16.4 Å². The van der Waals surface area contributed by atoms with Crippen LogP contribution in [0.25, 0.3) is 0 Å². The number of nitrogens with two attached hydrogens (primary N) is 1. The second kappa shape index (κ2) is 4.18. The first-order valence-corrected chi connectivity index (χ1v) is 5.38. The summed E-state index contributed by atoms with van der Waals surface area (Å²) in [6.45, 7) is 0. The van der Waals surface area contributed by atoms with Gasteiger partial charge in [0, 0.05) is 0 Å². The number of nitro groups is 1. The lowest BCUT2D eigenvalue weighted by atomic mass is 10.3. The summed E-state index contributed by atoms with van der Waals surface area (Å²) in [6, 6.07) is 0.258. The van der Waals surface area contributed by atoms with E-state index in [1.807, 2.05) is 0 Å². The van der Waals surface area contributed by atoms with E-state index in [0.717, 1.165) is 0 Å². The molecule has 0 fully saturated rings. The predicted octanol–water partition coefficient (Wildman–Crippen LogP) is 0.280. The molecule has 8 nitrogen and oxygen atoms in total. The third kappa shape index (κ3) is 2.62. The van der Waals surface area contributed by atoms with Gasteiger partial charge in [-0.05, 0) is 0 Å². The number of rotatable bonds is 3. The molecule has 0 unspecified atom stereocenters. The molecule has 17 heavy (non-hydrogen) atoms. The Balaban J connectivity index is 3.66. The Morgan fingerprint density at radius 1 is 1.53 bits per heavy atom. The molecule has 0 aliphatic carbocycles. The Hall–Kier alpha value is -1.88. The lowest BCUT2D eigenvalue weighted by molar-refractivity contribution is -0.388. The van der Waals surface area contributed by atoms with E-state index in [-0.39, 0.29) is 6.07 Å². The smallest absolute Gasteiger partial charge is 0.311 e. The average molecular weight is 269 g/mol. The van der Waals surface area contributed by atoms with Gasteiger partial charge in [-0.1, -0.05) is 0 Å². The Labute approximate surface area is 92.9 Å². The topological polar surface area (TPSA) is 136 Å². The molecule has 1 heterocycles. The number of halogens is 2. The van der Waals surface area contributed by atoms with Crippen molar-refractivity contribution >= 4 is 15.7 Å². The largest absolute Gasteiger partial charge is 0.506 e. The van der Waals surface area contributed by atoms with Crippen LogP contribution in [-0.4, -0.2) is 23.4 Å². The number of primary sulfonamides is 1. The van der Waals surface area contributed by atoms with Crippen molar-refractivity contribution in [3.05, 3.63) is 21.9 Å². The van der Waals surface area contributed by atoms with Crippen LogP contribution in [0.5, 0.6) is 5.75 Å². The fourth-order valence-corrected chi connectivity index (χ4v) is 1.64. The van der Waals surface area contributed by atoms with Gasteiger partial charge in [0.15, 0.2) is 0 Å². The molecule has 0 amide bonds. The first kappa shape index (κ1) is 13.2. The van der Waals surface area contributed by atoms with Crippen LogP contribution >= 0.6 is 0 Å². The van der Waals surface area contributed by atoms with Crippen LogP contribution in [0.3, 0.4) is 0 Å². The van der Waals surface area contributed by atoms with Gasteiger partial charge in [0.1, 0.15) is 11.4 Å². The number of nitrogens with zero attached hydrogens (tertiary/aromatic N) is 2. The Morgan fingerprint density at radius 3 is 2.41 bits per heavy atom. The minimum absolute atomic E-state index is 0.258. The van der Waals surface area contributed by atoms with Crippen molar-refractivity contribution in [2.75, 3.05) is 0 Å². The molecule has 0 saturated carbocycles. The fourth-order valence-electron chi connectivity index (χ4n) is 0.990. The van der Waals surface area contributed by atoms with Gasteiger partial charge in [0.2, 0.25) is 5.03 Å². The van der Waals surface area contributed by atoms with E-state index >= 15 is 0 Å². The molecule has 0 saturated heterocycles. The van der Waals surface area contributed by atoms with E-state index in [9.17, 15) is 27.3 Å². The maximum atomic E-state index is 12.3. The normalized spacial score (nSPS) is 11.8. The molecule has 0 bridgehead atoms. The molecular formula is C6H5F2N3O5S. The summed E-state index contributed by atoms with van der Waals surface area (Å²) in [5.74, 6) is -1.18. The highest BCUT2D eigenvalue weighted by molar-refractivity contribution is 7.89. The van der Waals surface area contributed by atoms with Gasteiger partial charge >= 0.3 is 5.69 Å². The molecule has 3 N–H and O–H groups in total. The van der Waals surface area contributed by atoms with Gasteiger partial charge in [0.05, 0.1) is 11.0 Å². The lowest BCUT2D eigenvalue weighted by Crippen LogP contribution is -2.17.